The molecule has 0 bridgehead atoms. The molecule has 1 saturated heterocycles. The zero-order chi connectivity index (χ0) is 9.30. The molecule has 72 valence electrons. The van der Waals surface area contributed by atoms with Crippen LogP contribution in [0.15, 0.2) is 0 Å². The molecule has 1 N–H and O–H groups in total. The molecule has 0 aromatic rings. The van der Waals surface area contributed by atoms with Crippen LogP contribution in [0.2, 0.25) is 0 Å². The molecule has 2 nitrogen and oxygen atoms in total. The highest BCUT2D eigenvalue weighted by molar-refractivity contribution is 4.83. The van der Waals surface area contributed by atoms with Crippen molar-refractivity contribution in [1.82, 2.24) is 0 Å². The van der Waals surface area contributed by atoms with E-state index in [1.807, 2.05) is 0 Å². The second-order valence-corrected chi connectivity index (χ2v) is 4.14. The monoisotopic (exact) mass is 172 g/mol. The summed E-state index contributed by atoms with van der Waals surface area (Å²) < 4.78 is 5.68. The van der Waals surface area contributed by atoms with Gasteiger partial charge in [0.15, 0.2) is 0 Å². The summed E-state index contributed by atoms with van der Waals surface area (Å²) >= 11 is 0. The number of aliphatic hydroxyl groups excluding tert-OH is 1. The quantitative estimate of drug-likeness (QED) is 0.652. The highest BCUT2D eigenvalue weighted by Gasteiger charge is 2.36. The fourth-order valence-electron chi connectivity index (χ4n) is 1.98. The van der Waals surface area contributed by atoms with E-state index in [0.717, 1.165) is 0 Å². The minimum absolute atomic E-state index is 0.0474. The van der Waals surface area contributed by atoms with Crippen LogP contribution in [-0.2, 0) is 4.74 Å². The lowest BCUT2D eigenvalue weighted by Crippen LogP contribution is -2.44. The molecule has 0 aromatic heterocycles. The molecule has 1 heterocycles. The van der Waals surface area contributed by atoms with E-state index in [9.17, 15) is 0 Å². The molecule has 1 aliphatic heterocycles. The van der Waals surface area contributed by atoms with Crippen LogP contribution in [0.3, 0.4) is 0 Å². The average molecular weight is 172 g/mol. The number of rotatable bonds is 1. The third kappa shape index (κ3) is 1.64. The SMILES string of the molecule is C[C@H]1[C@@H](C)[C@@H](C)O[C@H](CO)[C@H]1C. The zero-order valence-electron chi connectivity index (χ0n) is 8.45. The summed E-state index contributed by atoms with van der Waals surface area (Å²) in [7, 11) is 0. The number of hydrogen-bond acceptors (Lipinski definition) is 2. The van der Waals surface area contributed by atoms with Gasteiger partial charge in [-0.15, -0.1) is 0 Å². The van der Waals surface area contributed by atoms with Crippen LogP contribution < -0.4 is 0 Å². The molecule has 1 aliphatic rings. The normalized spacial score (nSPS) is 49.2. The van der Waals surface area contributed by atoms with Crippen LogP contribution in [0.1, 0.15) is 27.7 Å². The predicted molar refractivity (Wildman–Crippen MR) is 48.9 cm³/mol. The van der Waals surface area contributed by atoms with E-state index < -0.39 is 0 Å². The van der Waals surface area contributed by atoms with Gasteiger partial charge >= 0.3 is 0 Å². The fourth-order valence-corrected chi connectivity index (χ4v) is 1.98. The summed E-state index contributed by atoms with van der Waals surface area (Å²) in [6, 6.07) is 0. The first-order valence-corrected chi connectivity index (χ1v) is 4.84. The third-order valence-electron chi connectivity index (χ3n) is 3.55. The molecule has 5 atom stereocenters. The first-order chi connectivity index (χ1) is 5.57. The molecule has 0 aliphatic carbocycles. The minimum Gasteiger partial charge on any atom is -0.394 e. The molecule has 1 fully saturated rings. The summed E-state index contributed by atoms with van der Waals surface area (Å²) in [4.78, 5) is 0. The Labute approximate surface area is 74.9 Å². The molecule has 12 heavy (non-hydrogen) atoms. The highest BCUT2D eigenvalue weighted by Crippen LogP contribution is 2.34. The van der Waals surface area contributed by atoms with Gasteiger partial charge in [-0.2, -0.15) is 0 Å². The van der Waals surface area contributed by atoms with Crippen molar-refractivity contribution in [3.05, 3.63) is 0 Å². The Kier molecular flexibility index (Phi) is 3.13. The van der Waals surface area contributed by atoms with Gasteiger partial charge < -0.3 is 9.84 Å². The Morgan fingerprint density at radius 1 is 1.00 bits per heavy atom. The van der Waals surface area contributed by atoms with Gasteiger partial charge in [0.05, 0.1) is 18.8 Å². The van der Waals surface area contributed by atoms with Gasteiger partial charge in [0, 0.05) is 0 Å². The molecule has 0 aromatic carbocycles. The third-order valence-corrected chi connectivity index (χ3v) is 3.55. The van der Waals surface area contributed by atoms with Crippen molar-refractivity contribution in [2.24, 2.45) is 17.8 Å². The molecule has 0 spiro atoms. The van der Waals surface area contributed by atoms with Crippen LogP contribution in [-0.4, -0.2) is 23.9 Å². The van der Waals surface area contributed by atoms with Crippen molar-refractivity contribution in [2.45, 2.75) is 39.9 Å². The van der Waals surface area contributed by atoms with Crippen molar-refractivity contribution in [3.63, 3.8) is 0 Å². The van der Waals surface area contributed by atoms with Crippen molar-refractivity contribution in [3.8, 4) is 0 Å². The Balaban J connectivity index is 2.63. The van der Waals surface area contributed by atoms with Gasteiger partial charge in [0.25, 0.3) is 0 Å². The molecular formula is C10H20O2. The molecule has 0 amide bonds. The predicted octanol–water partition coefficient (Wildman–Crippen LogP) is 1.67. The van der Waals surface area contributed by atoms with Gasteiger partial charge in [-0.25, -0.2) is 0 Å². The van der Waals surface area contributed by atoms with E-state index in [1.54, 1.807) is 0 Å². The lowest BCUT2D eigenvalue weighted by Gasteiger charge is -2.41. The van der Waals surface area contributed by atoms with Gasteiger partial charge in [-0.05, 0) is 24.7 Å². The lowest BCUT2D eigenvalue weighted by molar-refractivity contribution is -0.140. The van der Waals surface area contributed by atoms with Crippen LogP contribution in [0, 0.1) is 17.8 Å². The standard InChI is InChI=1S/C10H20O2/c1-6-7(2)9(4)12-10(5-11)8(6)3/h6-11H,5H2,1-4H3/t6-,7+,8-,9+,10+/m0/s1. The molecule has 1 rings (SSSR count). The number of hydrogen-bond donors (Lipinski definition) is 1. The summed E-state index contributed by atoms with van der Waals surface area (Å²) in [5.74, 6) is 1.72. The van der Waals surface area contributed by atoms with Crippen LogP contribution in [0.4, 0.5) is 0 Å². The Bertz CT molecular complexity index is 142. The van der Waals surface area contributed by atoms with Gasteiger partial charge in [-0.1, -0.05) is 20.8 Å². The van der Waals surface area contributed by atoms with Gasteiger partial charge in [-0.3, -0.25) is 0 Å². The Morgan fingerprint density at radius 3 is 2.08 bits per heavy atom. The van der Waals surface area contributed by atoms with Gasteiger partial charge in [0.1, 0.15) is 0 Å². The van der Waals surface area contributed by atoms with E-state index in [4.69, 9.17) is 9.84 Å². The van der Waals surface area contributed by atoms with E-state index in [0.29, 0.717) is 17.8 Å². The first kappa shape index (κ1) is 10.0. The van der Waals surface area contributed by atoms with Crippen molar-refractivity contribution < 1.29 is 9.84 Å². The second kappa shape index (κ2) is 3.75. The van der Waals surface area contributed by atoms with Crippen LogP contribution in [0.5, 0.6) is 0 Å². The second-order valence-electron chi connectivity index (χ2n) is 4.14. The Hall–Kier alpha value is -0.0800. The highest BCUT2D eigenvalue weighted by atomic mass is 16.5. The van der Waals surface area contributed by atoms with Crippen molar-refractivity contribution >= 4 is 0 Å². The summed E-state index contributed by atoms with van der Waals surface area (Å²) in [5, 5.41) is 9.06. The summed E-state index contributed by atoms with van der Waals surface area (Å²) in [6.45, 7) is 8.88. The molecule has 0 saturated carbocycles. The van der Waals surface area contributed by atoms with E-state index >= 15 is 0 Å². The average Bonchev–Trinajstić information content (AvgIpc) is 2.08. The molecule has 0 unspecified atom stereocenters. The lowest BCUT2D eigenvalue weighted by atomic mass is 9.77. The van der Waals surface area contributed by atoms with Crippen LogP contribution in [0.25, 0.3) is 0 Å². The molecule has 2 heteroatoms. The van der Waals surface area contributed by atoms with Crippen molar-refractivity contribution in [1.29, 1.82) is 0 Å². The fraction of sp³-hybridized carbons (Fsp3) is 1.00. The summed E-state index contributed by atoms with van der Waals surface area (Å²) in [5.41, 5.74) is 0. The largest absolute Gasteiger partial charge is 0.394 e. The maximum atomic E-state index is 9.06. The van der Waals surface area contributed by atoms with Crippen LogP contribution >= 0.6 is 0 Å². The molecule has 0 radical (unpaired) electrons. The van der Waals surface area contributed by atoms with E-state index in [1.165, 1.54) is 0 Å². The maximum Gasteiger partial charge on any atom is 0.0837 e. The van der Waals surface area contributed by atoms with Gasteiger partial charge in [0.2, 0.25) is 0 Å². The Morgan fingerprint density at radius 2 is 1.58 bits per heavy atom. The number of aliphatic hydroxyl groups is 1. The summed E-state index contributed by atoms with van der Waals surface area (Å²) in [6.07, 6.45) is 0.333. The maximum absolute atomic E-state index is 9.06. The first-order valence-electron chi connectivity index (χ1n) is 4.84. The van der Waals surface area contributed by atoms with E-state index in [-0.39, 0.29) is 18.8 Å². The topological polar surface area (TPSA) is 29.5 Å². The smallest absolute Gasteiger partial charge is 0.0837 e. The van der Waals surface area contributed by atoms with Crippen molar-refractivity contribution in [2.75, 3.05) is 6.61 Å². The zero-order valence-corrected chi connectivity index (χ0v) is 8.45. The number of ether oxygens (including phenoxy) is 1. The molecular weight excluding hydrogens is 152 g/mol. The van der Waals surface area contributed by atoms with E-state index in [2.05, 4.69) is 27.7 Å². The minimum atomic E-state index is 0.0474.